The first-order chi connectivity index (χ1) is 7.57. The second-order valence-corrected chi connectivity index (χ2v) is 4.59. The van der Waals surface area contributed by atoms with Crippen molar-refractivity contribution < 1.29 is 14.7 Å². The Kier molecular flexibility index (Phi) is 8.97. The number of hydrazine groups is 1. The van der Waals surface area contributed by atoms with E-state index in [-0.39, 0.29) is 12.3 Å². The van der Waals surface area contributed by atoms with Crippen molar-refractivity contribution in [1.82, 2.24) is 5.43 Å². The highest BCUT2D eigenvalue weighted by molar-refractivity contribution is 7.99. The molecule has 6 nitrogen and oxygen atoms in total. The van der Waals surface area contributed by atoms with Crippen LogP contribution in [0.1, 0.15) is 25.7 Å². The zero-order valence-electron chi connectivity index (χ0n) is 9.15. The fourth-order valence-corrected chi connectivity index (χ4v) is 2.06. The van der Waals surface area contributed by atoms with Gasteiger partial charge in [0.25, 0.3) is 5.91 Å². The van der Waals surface area contributed by atoms with Crippen LogP contribution in [0, 0.1) is 0 Å². The van der Waals surface area contributed by atoms with Gasteiger partial charge in [0.1, 0.15) is 0 Å². The van der Waals surface area contributed by atoms with E-state index in [4.69, 9.17) is 16.7 Å². The van der Waals surface area contributed by atoms with Gasteiger partial charge in [0.05, 0.1) is 6.04 Å². The van der Waals surface area contributed by atoms with Crippen molar-refractivity contribution in [1.29, 1.82) is 0 Å². The van der Waals surface area contributed by atoms with Crippen molar-refractivity contribution >= 4 is 23.6 Å². The van der Waals surface area contributed by atoms with Crippen molar-refractivity contribution in [2.45, 2.75) is 31.7 Å². The van der Waals surface area contributed by atoms with Crippen LogP contribution in [0.15, 0.2) is 0 Å². The summed E-state index contributed by atoms with van der Waals surface area (Å²) in [6.07, 6.45) is 2.36. The number of unbranched alkanes of at least 4 members (excludes halogenated alkanes) is 1. The average Bonchev–Trinajstić information content (AvgIpc) is 2.25. The fraction of sp³-hybridized carbons (Fsp3) is 0.778. The van der Waals surface area contributed by atoms with Crippen LogP contribution in [0.5, 0.6) is 0 Å². The summed E-state index contributed by atoms with van der Waals surface area (Å²) in [5, 5.41) is 8.40. The maximum atomic E-state index is 10.9. The molecule has 0 aliphatic heterocycles. The van der Waals surface area contributed by atoms with E-state index < -0.39 is 12.0 Å². The summed E-state index contributed by atoms with van der Waals surface area (Å²) in [5.41, 5.74) is 7.53. The Labute approximate surface area is 99.1 Å². The Morgan fingerprint density at radius 3 is 2.56 bits per heavy atom. The number of nitrogens with two attached hydrogens (primary N) is 2. The van der Waals surface area contributed by atoms with Gasteiger partial charge in [-0.25, -0.2) is 5.84 Å². The molecule has 1 unspecified atom stereocenters. The summed E-state index contributed by atoms with van der Waals surface area (Å²) in [4.78, 5) is 21.1. The quantitative estimate of drug-likeness (QED) is 0.192. The molecule has 0 bridgehead atoms. The van der Waals surface area contributed by atoms with E-state index in [2.05, 4.69) is 0 Å². The molecule has 0 saturated heterocycles. The number of nitrogens with one attached hydrogen (secondary N) is 1. The lowest BCUT2D eigenvalue weighted by Gasteiger charge is -2.08. The summed E-state index contributed by atoms with van der Waals surface area (Å²) in [5.74, 6) is 5.49. The predicted molar refractivity (Wildman–Crippen MR) is 63.7 cm³/mol. The maximum Gasteiger partial charge on any atom is 0.303 e. The van der Waals surface area contributed by atoms with Gasteiger partial charge in [-0.05, 0) is 30.8 Å². The Bertz CT molecular complexity index is 226. The fourth-order valence-electron chi connectivity index (χ4n) is 1.03. The molecule has 94 valence electrons. The third-order valence-electron chi connectivity index (χ3n) is 1.98. The molecule has 0 aliphatic rings. The summed E-state index contributed by atoms with van der Waals surface area (Å²) in [7, 11) is 0. The molecule has 0 rings (SSSR count). The zero-order valence-corrected chi connectivity index (χ0v) is 9.96. The van der Waals surface area contributed by atoms with Crippen LogP contribution < -0.4 is 17.0 Å². The standard InChI is InChI=1S/C9H19N3O3S/c10-7(9(15)12-11)4-6-16-5-2-1-3-8(13)14/h7H,1-6,10-11H2,(H,12,15)(H,13,14). The van der Waals surface area contributed by atoms with Gasteiger partial charge < -0.3 is 10.8 Å². The zero-order chi connectivity index (χ0) is 12.4. The van der Waals surface area contributed by atoms with E-state index in [9.17, 15) is 9.59 Å². The number of rotatable bonds is 9. The molecule has 0 aromatic heterocycles. The van der Waals surface area contributed by atoms with Crippen LogP contribution in [0.4, 0.5) is 0 Å². The van der Waals surface area contributed by atoms with Gasteiger partial charge in [0, 0.05) is 6.42 Å². The average molecular weight is 249 g/mol. The Morgan fingerprint density at radius 2 is 2.00 bits per heavy atom. The van der Waals surface area contributed by atoms with E-state index in [1.807, 2.05) is 5.43 Å². The minimum absolute atomic E-state index is 0.218. The normalized spacial score (nSPS) is 12.1. The summed E-state index contributed by atoms with van der Waals surface area (Å²) < 4.78 is 0. The number of aliphatic carboxylic acids is 1. The van der Waals surface area contributed by atoms with Crippen LogP contribution in [0.2, 0.25) is 0 Å². The van der Waals surface area contributed by atoms with E-state index >= 15 is 0 Å². The number of carboxylic acids is 1. The smallest absolute Gasteiger partial charge is 0.303 e. The number of carboxylic acid groups (broad SMARTS) is 1. The molecule has 0 aliphatic carbocycles. The lowest BCUT2D eigenvalue weighted by atomic mass is 10.2. The molecule has 7 heteroatoms. The Balaban J connectivity index is 3.27. The second-order valence-electron chi connectivity index (χ2n) is 3.37. The topological polar surface area (TPSA) is 118 Å². The highest BCUT2D eigenvalue weighted by atomic mass is 32.2. The van der Waals surface area contributed by atoms with Crippen LogP contribution in [-0.4, -0.2) is 34.5 Å². The molecule has 1 amide bonds. The predicted octanol–water partition coefficient (Wildman–Crippen LogP) is -0.318. The number of hydrogen-bond acceptors (Lipinski definition) is 5. The van der Waals surface area contributed by atoms with Crippen molar-refractivity contribution in [3.8, 4) is 0 Å². The summed E-state index contributed by atoms with van der Waals surface area (Å²) in [6.45, 7) is 0. The number of hydrogen-bond donors (Lipinski definition) is 4. The SMILES string of the molecule is NNC(=O)C(N)CCSCCCCC(=O)O. The van der Waals surface area contributed by atoms with Crippen molar-refractivity contribution in [2.75, 3.05) is 11.5 Å². The largest absolute Gasteiger partial charge is 0.481 e. The number of carbonyl (C=O) groups excluding carboxylic acids is 1. The maximum absolute atomic E-state index is 10.9. The highest BCUT2D eigenvalue weighted by Gasteiger charge is 2.10. The summed E-state index contributed by atoms with van der Waals surface area (Å²) in [6, 6.07) is -0.559. The molecule has 1 atom stereocenters. The van der Waals surface area contributed by atoms with Crippen LogP contribution in [0.25, 0.3) is 0 Å². The molecule has 0 fully saturated rings. The molecular formula is C9H19N3O3S. The Hall–Kier alpha value is -0.790. The third kappa shape index (κ3) is 8.51. The first-order valence-electron chi connectivity index (χ1n) is 5.13. The van der Waals surface area contributed by atoms with Crippen LogP contribution in [0.3, 0.4) is 0 Å². The van der Waals surface area contributed by atoms with Crippen molar-refractivity contribution in [3.63, 3.8) is 0 Å². The van der Waals surface area contributed by atoms with Gasteiger partial charge in [-0.1, -0.05) is 0 Å². The van der Waals surface area contributed by atoms with E-state index in [1.165, 1.54) is 0 Å². The third-order valence-corrected chi connectivity index (χ3v) is 3.08. The molecular weight excluding hydrogens is 230 g/mol. The van der Waals surface area contributed by atoms with Gasteiger partial charge in [-0.3, -0.25) is 15.0 Å². The second kappa shape index (κ2) is 9.44. The molecule has 0 aromatic rings. The lowest BCUT2D eigenvalue weighted by molar-refractivity contribution is -0.137. The molecule has 16 heavy (non-hydrogen) atoms. The minimum Gasteiger partial charge on any atom is -0.481 e. The minimum atomic E-state index is -0.758. The molecule has 0 spiro atoms. The first-order valence-corrected chi connectivity index (χ1v) is 6.29. The van der Waals surface area contributed by atoms with Gasteiger partial charge >= 0.3 is 5.97 Å². The molecule has 0 heterocycles. The molecule has 0 radical (unpaired) electrons. The van der Waals surface area contributed by atoms with Crippen molar-refractivity contribution in [3.05, 3.63) is 0 Å². The van der Waals surface area contributed by atoms with Crippen LogP contribution in [-0.2, 0) is 9.59 Å². The molecule has 6 N–H and O–H groups in total. The lowest BCUT2D eigenvalue weighted by Crippen LogP contribution is -2.44. The monoisotopic (exact) mass is 249 g/mol. The van der Waals surface area contributed by atoms with E-state index in [0.29, 0.717) is 12.8 Å². The summed E-state index contributed by atoms with van der Waals surface area (Å²) >= 11 is 1.67. The molecule has 0 saturated carbocycles. The van der Waals surface area contributed by atoms with E-state index in [1.54, 1.807) is 11.8 Å². The van der Waals surface area contributed by atoms with Gasteiger partial charge in [-0.15, -0.1) is 0 Å². The van der Waals surface area contributed by atoms with Crippen LogP contribution >= 0.6 is 11.8 Å². The number of amides is 1. The van der Waals surface area contributed by atoms with Gasteiger partial charge in [-0.2, -0.15) is 11.8 Å². The van der Waals surface area contributed by atoms with Gasteiger partial charge in [0.2, 0.25) is 0 Å². The van der Waals surface area contributed by atoms with Crippen molar-refractivity contribution in [2.24, 2.45) is 11.6 Å². The number of thioether (sulfide) groups is 1. The van der Waals surface area contributed by atoms with E-state index in [0.717, 1.165) is 17.9 Å². The first kappa shape index (κ1) is 15.2. The highest BCUT2D eigenvalue weighted by Crippen LogP contribution is 2.08. The Morgan fingerprint density at radius 1 is 1.31 bits per heavy atom. The van der Waals surface area contributed by atoms with Gasteiger partial charge in [0.15, 0.2) is 0 Å². The number of carbonyl (C=O) groups is 2. The molecule has 0 aromatic carbocycles.